The molecule has 0 atom stereocenters. The number of hydrogen-bond acceptors (Lipinski definition) is 5. The molecule has 2 rings (SSSR count). The molecule has 0 amide bonds. The van der Waals surface area contributed by atoms with E-state index in [-0.39, 0.29) is 5.96 Å². The van der Waals surface area contributed by atoms with Gasteiger partial charge in [0.25, 0.3) is 0 Å². The molecule has 2 aromatic rings. The molecule has 24 heavy (non-hydrogen) atoms. The topological polar surface area (TPSA) is 103 Å². The van der Waals surface area contributed by atoms with Crippen LogP contribution in [0.2, 0.25) is 0 Å². The Morgan fingerprint density at radius 3 is 1.79 bits per heavy atom. The van der Waals surface area contributed by atoms with Crippen molar-refractivity contribution in [2.24, 2.45) is 10.7 Å². The van der Waals surface area contributed by atoms with E-state index in [0.29, 0.717) is 22.5 Å². The van der Waals surface area contributed by atoms with Crippen LogP contribution in [0.5, 0.6) is 0 Å². The molecule has 0 radical (unpaired) electrons. The van der Waals surface area contributed by atoms with Crippen molar-refractivity contribution in [3.05, 3.63) is 59.7 Å². The molecule has 0 saturated carbocycles. The zero-order valence-electron chi connectivity index (χ0n) is 13.3. The summed E-state index contributed by atoms with van der Waals surface area (Å²) >= 11 is 0. The second-order valence-electron chi connectivity index (χ2n) is 4.73. The van der Waals surface area contributed by atoms with Crippen molar-refractivity contribution in [1.82, 2.24) is 0 Å². The van der Waals surface area contributed by atoms with E-state index < -0.39 is 11.9 Å². The van der Waals surface area contributed by atoms with Gasteiger partial charge in [-0.05, 0) is 48.5 Å². The van der Waals surface area contributed by atoms with Crippen LogP contribution in [0.4, 0.5) is 11.4 Å². The molecule has 0 heterocycles. The molecular weight excluding hydrogens is 310 g/mol. The van der Waals surface area contributed by atoms with Gasteiger partial charge in [-0.25, -0.2) is 14.6 Å². The first-order valence-electron chi connectivity index (χ1n) is 7.01. The lowest BCUT2D eigenvalue weighted by molar-refractivity contribution is 0.0592. The number of hydrogen-bond donors (Lipinski definition) is 2. The van der Waals surface area contributed by atoms with Crippen LogP contribution in [-0.4, -0.2) is 32.1 Å². The Bertz CT molecular complexity index is 752. The molecule has 0 fully saturated rings. The van der Waals surface area contributed by atoms with Crippen molar-refractivity contribution < 1.29 is 19.1 Å². The quantitative estimate of drug-likeness (QED) is 0.507. The highest BCUT2D eigenvalue weighted by molar-refractivity contribution is 5.95. The minimum atomic E-state index is -0.415. The highest BCUT2D eigenvalue weighted by Crippen LogP contribution is 2.15. The number of nitrogens with one attached hydrogen (secondary N) is 1. The van der Waals surface area contributed by atoms with Crippen LogP contribution in [0.15, 0.2) is 53.5 Å². The molecule has 0 aromatic heterocycles. The van der Waals surface area contributed by atoms with Crippen LogP contribution < -0.4 is 11.1 Å². The summed E-state index contributed by atoms with van der Waals surface area (Å²) in [4.78, 5) is 26.9. The fraction of sp³-hybridized carbons (Fsp3) is 0.118. The number of carbonyl (C=O) groups excluding carboxylic acids is 2. The fourth-order valence-corrected chi connectivity index (χ4v) is 1.91. The van der Waals surface area contributed by atoms with Gasteiger partial charge in [-0.1, -0.05) is 0 Å². The van der Waals surface area contributed by atoms with E-state index in [1.165, 1.54) is 14.2 Å². The van der Waals surface area contributed by atoms with Crippen molar-refractivity contribution in [3.63, 3.8) is 0 Å². The third kappa shape index (κ3) is 4.33. The fourth-order valence-electron chi connectivity index (χ4n) is 1.91. The maximum atomic E-state index is 11.4. The second-order valence-corrected chi connectivity index (χ2v) is 4.73. The van der Waals surface area contributed by atoms with Gasteiger partial charge in [-0.2, -0.15) is 0 Å². The monoisotopic (exact) mass is 327 g/mol. The number of ether oxygens (including phenoxy) is 2. The number of anilines is 1. The van der Waals surface area contributed by atoms with Crippen molar-refractivity contribution in [1.29, 1.82) is 0 Å². The first-order valence-corrected chi connectivity index (χ1v) is 7.01. The van der Waals surface area contributed by atoms with Gasteiger partial charge in [0.1, 0.15) is 0 Å². The molecular formula is C17H17N3O4. The Balaban J connectivity index is 2.05. The Kier molecular flexibility index (Phi) is 5.51. The Labute approximate surface area is 139 Å². The molecule has 0 bridgehead atoms. The number of nitrogens with two attached hydrogens (primary N) is 1. The van der Waals surface area contributed by atoms with E-state index >= 15 is 0 Å². The summed E-state index contributed by atoms with van der Waals surface area (Å²) < 4.78 is 9.26. The van der Waals surface area contributed by atoms with E-state index in [1.807, 2.05) is 0 Å². The Morgan fingerprint density at radius 2 is 1.33 bits per heavy atom. The number of nitrogens with zero attached hydrogens (tertiary/aromatic N) is 1. The standard InChI is InChI=1S/C17H17N3O4/c1-23-15(21)11-3-7-13(8-4-11)19-17(18)20-14-9-5-12(6-10-14)16(22)24-2/h3-10H,1-2H3,(H3,18,19,20). The van der Waals surface area contributed by atoms with Crippen LogP contribution in [-0.2, 0) is 9.47 Å². The summed E-state index contributed by atoms with van der Waals surface area (Å²) in [6, 6.07) is 13.1. The van der Waals surface area contributed by atoms with Gasteiger partial charge in [0.05, 0.1) is 31.0 Å². The number of guanidine groups is 1. The smallest absolute Gasteiger partial charge is 0.337 e. The molecule has 2 aromatic carbocycles. The van der Waals surface area contributed by atoms with Gasteiger partial charge < -0.3 is 20.5 Å². The molecule has 0 unspecified atom stereocenters. The number of benzene rings is 2. The second kappa shape index (κ2) is 7.77. The molecule has 0 saturated heterocycles. The maximum absolute atomic E-state index is 11.4. The molecule has 0 aliphatic rings. The number of rotatable bonds is 4. The van der Waals surface area contributed by atoms with Gasteiger partial charge in [0.15, 0.2) is 5.96 Å². The van der Waals surface area contributed by atoms with E-state index in [1.54, 1.807) is 48.5 Å². The van der Waals surface area contributed by atoms with Crippen molar-refractivity contribution >= 4 is 29.3 Å². The van der Waals surface area contributed by atoms with Crippen LogP contribution in [0.1, 0.15) is 20.7 Å². The molecule has 0 aliphatic heterocycles. The van der Waals surface area contributed by atoms with Crippen LogP contribution in [0.3, 0.4) is 0 Å². The Hall–Kier alpha value is -3.35. The summed E-state index contributed by atoms with van der Waals surface area (Å²) in [5.41, 5.74) is 7.97. The van der Waals surface area contributed by atoms with E-state index in [2.05, 4.69) is 19.8 Å². The molecule has 0 aliphatic carbocycles. The molecule has 7 heteroatoms. The maximum Gasteiger partial charge on any atom is 0.337 e. The van der Waals surface area contributed by atoms with Gasteiger partial charge in [0, 0.05) is 5.69 Å². The summed E-state index contributed by atoms with van der Waals surface area (Å²) in [7, 11) is 2.65. The minimum Gasteiger partial charge on any atom is -0.465 e. The largest absolute Gasteiger partial charge is 0.465 e. The average Bonchev–Trinajstić information content (AvgIpc) is 2.61. The molecule has 124 valence electrons. The summed E-state index contributed by atoms with van der Waals surface area (Å²) in [5.74, 6) is -0.650. The summed E-state index contributed by atoms with van der Waals surface area (Å²) in [6.45, 7) is 0. The normalized spacial score (nSPS) is 10.8. The lowest BCUT2D eigenvalue weighted by atomic mass is 10.2. The van der Waals surface area contributed by atoms with Crippen molar-refractivity contribution in [2.75, 3.05) is 19.5 Å². The third-order valence-corrected chi connectivity index (χ3v) is 3.12. The van der Waals surface area contributed by atoms with Gasteiger partial charge in [0.2, 0.25) is 0 Å². The van der Waals surface area contributed by atoms with Crippen LogP contribution in [0, 0.1) is 0 Å². The first kappa shape index (κ1) is 17.0. The lowest BCUT2D eigenvalue weighted by Crippen LogP contribution is -2.21. The highest BCUT2D eigenvalue weighted by Gasteiger charge is 2.06. The zero-order valence-corrected chi connectivity index (χ0v) is 13.3. The highest BCUT2D eigenvalue weighted by atomic mass is 16.5. The number of aliphatic imine (C=N–C) groups is 1. The van der Waals surface area contributed by atoms with E-state index in [9.17, 15) is 9.59 Å². The summed E-state index contributed by atoms with van der Waals surface area (Å²) in [5, 5.41) is 2.91. The number of esters is 2. The first-order chi connectivity index (χ1) is 11.5. The third-order valence-electron chi connectivity index (χ3n) is 3.12. The van der Waals surface area contributed by atoms with Gasteiger partial charge >= 0.3 is 11.9 Å². The minimum absolute atomic E-state index is 0.173. The average molecular weight is 327 g/mol. The van der Waals surface area contributed by atoms with E-state index in [0.717, 1.165) is 0 Å². The SMILES string of the molecule is COC(=O)c1ccc(N=C(N)Nc2ccc(C(=O)OC)cc2)cc1. The summed E-state index contributed by atoms with van der Waals surface area (Å²) in [6.07, 6.45) is 0. The van der Waals surface area contributed by atoms with Crippen molar-refractivity contribution in [3.8, 4) is 0 Å². The predicted molar refractivity (Wildman–Crippen MR) is 90.5 cm³/mol. The molecule has 7 nitrogen and oxygen atoms in total. The molecule has 0 spiro atoms. The predicted octanol–water partition coefficient (Wildman–Crippen LogP) is 2.32. The molecule has 3 N–H and O–H groups in total. The number of carbonyl (C=O) groups is 2. The van der Waals surface area contributed by atoms with Crippen LogP contribution >= 0.6 is 0 Å². The Morgan fingerprint density at radius 1 is 0.875 bits per heavy atom. The van der Waals surface area contributed by atoms with E-state index in [4.69, 9.17) is 5.73 Å². The van der Waals surface area contributed by atoms with Crippen LogP contribution in [0.25, 0.3) is 0 Å². The van der Waals surface area contributed by atoms with Gasteiger partial charge in [-0.3, -0.25) is 0 Å². The van der Waals surface area contributed by atoms with Gasteiger partial charge in [-0.15, -0.1) is 0 Å². The number of methoxy groups -OCH3 is 2. The lowest BCUT2D eigenvalue weighted by Gasteiger charge is -2.06. The zero-order chi connectivity index (χ0) is 17.5. The van der Waals surface area contributed by atoms with Crippen molar-refractivity contribution in [2.45, 2.75) is 0 Å².